The minimum Gasteiger partial charge on any atom is -0.469 e. The Morgan fingerprint density at radius 3 is 2.47 bits per heavy atom. The fourth-order valence-electron chi connectivity index (χ4n) is 1.72. The van der Waals surface area contributed by atoms with E-state index in [0.29, 0.717) is 25.1 Å². The number of carbonyl (C=O) groups is 2. The fraction of sp³-hybridized carbons (Fsp3) is 0.429. The van der Waals surface area contributed by atoms with Crippen molar-refractivity contribution in [3.8, 4) is 0 Å². The van der Waals surface area contributed by atoms with E-state index in [4.69, 9.17) is 4.74 Å². The van der Waals surface area contributed by atoms with Crippen LogP contribution in [0.2, 0.25) is 0 Å². The van der Waals surface area contributed by atoms with Gasteiger partial charge in [0.25, 0.3) is 0 Å². The number of esters is 2. The molecule has 0 N–H and O–H groups in total. The number of rotatable bonds is 6. The Labute approximate surface area is 113 Å². The van der Waals surface area contributed by atoms with Gasteiger partial charge in [-0.2, -0.15) is 0 Å². The smallest absolute Gasteiger partial charge is 0.338 e. The van der Waals surface area contributed by atoms with Crippen LogP contribution in [0.25, 0.3) is 0 Å². The molecule has 0 atom stereocenters. The van der Waals surface area contributed by atoms with Crippen LogP contribution in [0, 0.1) is 0 Å². The molecule has 0 heterocycles. The predicted molar refractivity (Wildman–Crippen MR) is 70.7 cm³/mol. The molecule has 0 fully saturated rings. The number of nitrogens with zero attached hydrogens (tertiary/aromatic N) is 1. The van der Waals surface area contributed by atoms with Gasteiger partial charge in [-0.15, -0.1) is 0 Å². The third kappa shape index (κ3) is 4.71. The maximum atomic E-state index is 11.6. The second-order valence-electron chi connectivity index (χ2n) is 4.21. The quantitative estimate of drug-likeness (QED) is 0.729. The Morgan fingerprint density at radius 1 is 1.16 bits per heavy atom. The first kappa shape index (κ1) is 15.2. The van der Waals surface area contributed by atoms with Crippen LogP contribution in [0.1, 0.15) is 22.3 Å². The van der Waals surface area contributed by atoms with Gasteiger partial charge >= 0.3 is 11.9 Å². The van der Waals surface area contributed by atoms with Crippen LogP contribution in [0.4, 0.5) is 0 Å². The summed E-state index contributed by atoms with van der Waals surface area (Å²) in [4.78, 5) is 24.6. The van der Waals surface area contributed by atoms with E-state index in [1.165, 1.54) is 14.2 Å². The minimum atomic E-state index is -0.350. The van der Waals surface area contributed by atoms with E-state index < -0.39 is 0 Å². The van der Waals surface area contributed by atoms with Gasteiger partial charge in [0.1, 0.15) is 0 Å². The first-order valence-corrected chi connectivity index (χ1v) is 6.00. The first-order valence-electron chi connectivity index (χ1n) is 6.00. The van der Waals surface area contributed by atoms with Gasteiger partial charge in [0.15, 0.2) is 0 Å². The number of ether oxygens (including phenoxy) is 2. The largest absolute Gasteiger partial charge is 0.469 e. The van der Waals surface area contributed by atoms with Crippen molar-refractivity contribution in [2.45, 2.75) is 13.0 Å². The van der Waals surface area contributed by atoms with E-state index >= 15 is 0 Å². The molecule has 5 nitrogen and oxygen atoms in total. The third-order valence-corrected chi connectivity index (χ3v) is 2.79. The van der Waals surface area contributed by atoms with E-state index in [1.54, 1.807) is 12.1 Å². The molecule has 19 heavy (non-hydrogen) atoms. The van der Waals surface area contributed by atoms with Gasteiger partial charge in [-0.3, -0.25) is 4.79 Å². The number of methoxy groups -OCH3 is 2. The zero-order valence-corrected chi connectivity index (χ0v) is 11.5. The summed E-state index contributed by atoms with van der Waals surface area (Å²) < 4.78 is 9.33. The summed E-state index contributed by atoms with van der Waals surface area (Å²) in [5.74, 6) is -0.593. The summed E-state index contributed by atoms with van der Waals surface area (Å²) in [6.45, 7) is 1.14. The summed E-state index contributed by atoms with van der Waals surface area (Å²) in [7, 11) is 4.62. The number of hydrogen-bond donors (Lipinski definition) is 0. The molecule has 1 aromatic rings. The predicted octanol–water partition coefficient (Wildman–Crippen LogP) is 1.47. The highest BCUT2D eigenvalue weighted by Gasteiger charge is 2.13. The molecule has 0 aliphatic carbocycles. The Hall–Kier alpha value is -1.88. The molecule has 0 unspecified atom stereocenters. The molecular weight excluding hydrogens is 246 g/mol. The van der Waals surface area contributed by atoms with Gasteiger partial charge in [0.2, 0.25) is 0 Å². The molecule has 0 amide bonds. The summed E-state index contributed by atoms with van der Waals surface area (Å²) in [5.41, 5.74) is 1.43. The Balaban J connectivity index is 2.66. The molecule has 0 spiro atoms. The molecule has 0 radical (unpaired) electrons. The summed E-state index contributed by atoms with van der Waals surface area (Å²) in [5, 5.41) is 0. The molecule has 0 aromatic heterocycles. The van der Waals surface area contributed by atoms with Crippen molar-refractivity contribution < 1.29 is 19.1 Å². The Bertz CT molecular complexity index is 445. The summed E-state index contributed by atoms with van der Waals surface area (Å²) in [6, 6.07) is 7.27. The molecule has 0 aliphatic rings. The van der Waals surface area contributed by atoms with Crippen molar-refractivity contribution in [2.75, 3.05) is 27.8 Å². The fourth-order valence-corrected chi connectivity index (χ4v) is 1.72. The Kier molecular flexibility index (Phi) is 6.02. The maximum absolute atomic E-state index is 11.6. The molecule has 0 saturated carbocycles. The van der Waals surface area contributed by atoms with Crippen LogP contribution in [-0.2, 0) is 20.8 Å². The molecule has 1 rings (SSSR count). The van der Waals surface area contributed by atoms with Gasteiger partial charge in [0.05, 0.1) is 26.2 Å². The minimum absolute atomic E-state index is 0.242. The number of hydrogen-bond acceptors (Lipinski definition) is 5. The molecule has 104 valence electrons. The van der Waals surface area contributed by atoms with Crippen molar-refractivity contribution in [2.24, 2.45) is 0 Å². The standard InChI is InChI=1S/C14H19NO4/c1-15(9-8-13(16)18-2)10-11-6-4-5-7-12(11)14(17)19-3/h4-7H,8-10H2,1-3H3. The molecule has 0 saturated heterocycles. The maximum Gasteiger partial charge on any atom is 0.338 e. The van der Waals surface area contributed by atoms with Crippen LogP contribution in [0.5, 0.6) is 0 Å². The molecular formula is C14H19NO4. The van der Waals surface area contributed by atoms with E-state index in [0.717, 1.165) is 5.56 Å². The van der Waals surface area contributed by atoms with Crippen LogP contribution >= 0.6 is 0 Å². The first-order chi connectivity index (χ1) is 9.08. The second-order valence-corrected chi connectivity index (χ2v) is 4.21. The van der Waals surface area contributed by atoms with Gasteiger partial charge in [0, 0.05) is 13.1 Å². The van der Waals surface area contributed by atoms with Gasteiger partial charge < -0.3 is 14.4 Å². The monoisotopic (exact) mass is 265 g/mol. The Morgan fingerprint density at radius 2 is 1.84 bits per heavy atom. The number of carbonyl (C=O) groups excluding carboxylic acids is 2. The lowest BCUT2D eigenvalue weighted by molar-refractivity contribution is -0.140. The van der Waals surface area contributed by atoms with Crippen molar-refractivity contribution in [3.05, 3.63) is 35.4 Å². The normalized spacial score (nSPS) is 10.3. The SMILES string of the molecule is COC(=O)CCN(C)Cc1ccccc1C(=O)OC. The lowest BCUT2D eigenvalue weighted by atomic mass is 10.1. The second kappa shape index (κ2) is 7.53. The highest BCUT2D eigenvalue weighted by atomic mass is 16.5. The van der Waals surface area contributed by atoms with Crippen molar-refractivity contribution in [1.82, 2.24) is 4.90 Å². The van der Waals surface area contributed by atoms with Crippen LogP contribution < -0.4 is 0 Å². The zero-order valence-electron chi connectivity index (χ0n) is 11.5. The molecule has 1 aromatic carbocycles. The van der Waals surface area contributed by atoms with E-state index in [2.05, 4.69) is 4.74 Å². The van der Waals surface area contributed by atoms with E-state index in [9.17, 15) is 9.59 Å². The number of benzene rings is 1. The highest BCUT2D eigenvalue weighted by Crippen LogP contribution is 2.12. The highest BCUT2D eigenvalue weighted by molar-refractivity contribution is 5.90. The molecule has 0 bridgehead atoms. The van der Waals surface area contributed by atoms with Crippen LogP contribution in [0.15, 0.2) is 24.3 Å². The van der Waals surface area contributed by atoms with Crippen molar-refractivity contribution in [1.29, 1.82) is 0 Å². The summed E-state index contributed by atoms with van der Waals surface area (Å²) >= 11 is 0. The van der Waals surface area contributed by atoms with Crippen molar-refractivity contribution >= 4 is 11.9 Å². The van der Waals surface area contributed by atoms with Gasteiger partial charge in [-0.1, -0.05) is 18.2 Å². The molecule has 0 aliphatic heterocycles. The zero-order chi connectivity index (χ0) is 14.3. The van der Waals surface area contributed by atoms with Crippen LogP contribution in [0.3, 0.4) is 0 Å². The average molecular weight is 265 g/mol. The topological polar surface area (TPSA) is 55.8 Å². The van der Waals surface area contributed by atoms with E-state index in [-0.39, 0.29) is 11.9 Å². The summed E-state index contributed by atoms with van der Waals surface area (Å²) in [6.07, 6.45) is 0.327. The van der Waals surface area contributed by atoms with Crippen LogP contribution in [-0.4, -0.2) is 44.7 Å². The van der Waals surface area contributed by atoms with Crippen molar-refractivity contribution in [3.63, 3.8) is 0 Å². The lowest BCUT2D eigenvalue weighted by Crippen LogP contribution is -2.23. The van der Waals surface area contributed by atoms with Gasteiger partial charge in [-0.05, 0) is 18.7 Å². The third-order valence-electron chi connectivity index (χ3n) is 2.79. The average Bonchev–Trinajstić information content (AvgIpc) is 2.44. The lowest BCUT2D eigenvalue weighted by Gasteiger charge is -2.17. The van der Waals surface area contributed by atoms with E-state index in [1.807, 2.05) is 24.1 Å². The van der Waals surface area contributed by atoms with Gasteiger partial charge in [-0.25, -0.2) is 4.79 Å². The molecule has 5 heteroatoms.